The second kappa shape index (κ2) is 6.93. The number of piperidine rings is 1. The van der Waals surface area contributed by atoms with Gasteiger partial charge in [0.15, 0.2) is 0 Å². The molecule has 0 bridgehead atoms. The Morgan fingerprint density at radius 1 is 1.30 bits per heavy atom. The molecule has 0 aliphatic carbocycles. The second-order valence-corrected chi connectivity index (χ2v) is 6.42. The van der Waals surface area contributed by atoms with Crippen LogP contribution >= 0.6 is 12.4 Å². The van der Waals surface area contributed by atoms with Crippen molar-refractivity contribution < 1.29 is 0 Å². The Labute approximate surface area is 129 Å². The van der Waals surface area contributed by atoms with Crippen LogP contribution in [0.15, 0.2) is 12.1 Å². The molecule has 2 aliphatic rings. The summed E-state index contributed by atoms with van der Waals surface area (Å²) in [6.45, 7) is 10.6. The first kappa shape index (κ1) is 15.8. The molecule has 1 unspecified atom stereocenters. The van der Waals surface area contributed by atoms with Crippen molar-refractivity contribution in [3.05, 3.63) is 34.4 Å². The molecule has 1 atom stereocenters. The van der Waals surface area contributed by atoms with E-state index in [2.05, 4.69) is 36.2 Å². The van der Waals surface area contributed by atoms with E-state index in [-0.39, 0.29) is 12.4 Å². The van der Waals surface area contributed by atoms with Crippen LogP contribution < -0.4 is 5.32 Å². The lowest BCUT2D eigenvalue weighted by Crippen LogP contribution is -2.40. The van der Waals surface area contributed by atoms with Crippen molar-refractivity contribution in [1.82, 2.24) is 10.2 Å². The first-order valence-corrected chi connectivity index (χ1v) is 7.74. The van der Waals surface area contributed by atoms with Gasteiger partial charge in [0.25, 0.3) is 0 Å². The Kier molecular flexibility index (Phi) is 5.48. The summed E-state index contributed by atoms with van der Waals surface area (Å²) in [6.07, 6.45) is 4.00. The van der Waals surface area contributed by atoms with Gasteiger partial charge in [0, 0.05) is 19.6 Å². The smallest absolute Gasteiger partial charge is 0.0236 e. The molecule has 2 heterocycles. The highest BCUT2D eigenvalue weighted by Crippen LogP contribution is 2.25. The molecule has 1 aromatic rings. The van der Waals surface area contributed by atoms with Crippen molar-refractivity contribution in [2.45, 2.75) is 39.7 Å². The van der Waals surface area contributed by atoms with Crippen molar-refractivity contribution in [2.75, 3.05) is 26.2 Å². The van der Waals surface area contributed by atoms with Crippen molar-refractivity contribution in [1.29, 1.82) is 0 Å². The van der Waals surface area contributed by atoms with Gasteiger partial charge in [-0.15, -0.1) is 12.4 Å². The first-order valence-electron chi connectivity index (χ1n) is 7.74. The van der Waals surface area contributed by atoms with Gasteiger partial charge in [-0.05, 0) is 68.8 Å². The summed E-state index contributed by atoms with van der Waals surface area (Å²) in [5, 5.41) is 3.54. The summed E-state index contributed by atoms with van der Waals surface area (Å²) in [5.41, 5.74) is 6.10. The van der Waals surface area contributed by atoms with Crippen LogP contribution in [0.3, 0.4) is 0 Å². The van der Waals surface area contributed by atoms with Gasteiger partial charge < -0.3 is 5.32 Å². The van der Waals surface area contributed by atoms with E-state index in [1.54, 1.807) is 11.1 Å². The van der Waals surface area contributed by atoms with Crippen LogP contribution in [0.2, 0.25) is 0 Å². The molecule has 0 aromatic heterocycles. The number of hydrogen-bond donors (Lipinski definition) is 1. The largest absolute Gasteiger partial charge is 0.316 e. The van der Waals surface area contributed by atoms with Crippen molar-refractivity contribution in [3.63, 3.8) is 0 Å². The lowest BCUT2D eigenvalue weighted by atomic mass is 9.92. The predicted octanol–water partition coefficient (Wildman–Crippen LogP) is 3.08. The maximum atomic E-state index is 3.54. The zero-order valence-electron chi connectivity index (χ0n) is 12.7. The summed E-state index contributed by atoms with van der Waals surface area (Å²) in [5.74, 6) is 0.862. The van der Waals surface area contributed by atoms with E-state index in [0.717, 1.165) is 12.5 Å². The molecule has 3 heteroatoms. The number of fused-ring (bicyclic) bond motifs is 1. The summed E-state index contributed by atoms with van der Waals surface area (Å²) >= 11 is 0. The average molecular weight is 295 g/mol. The Hall–Kier alpha value is -0.570. The van der Waals surface area contributed by atoms with Crippen molar-refractivity contribution in [3.8, 4) is 0 Å². The molecular formula is C17H27ClN2. The molecule has 0 radical (unpaired) electrons. The van der Waals surface area contributed by atoms with E-state index in [1.807, 2.05) is 0 Å². The molecule has 20 heavy (non-hydrogen) atoms. The van der Waals surface area contributed by atoms with Gasteiger partial charge in [-0.2, -0.15) is 0 Å². The van der Waals surface area contributed by atoms with E-state index in [9.17, 15) is 0 Å². The molecular weight excluding hydrogens is 268 g/mol. The maximum Gasteiger partial charge on any atom is 0.0236 e. The number of nitrogens with one attached hydrogen (secondary N) is 1. The topological polar surface area (TPSA) is 15.3 Å². The van der Waals surface area contributed by atoms with Crippen LogP contribution in [0.5, 0.6) is 0 Å². The zero-order chi connectivity index (χ0) is 13.2. The van der Waals surface area contributed by atoms with Crippen LogP contribution in [0.4, 0.5) is 0 Å². The van der Waals surface area contributed by atoms with E-state index in [1.165, 1.54) is 56.6 Å². The standard InChI is InChI=1S/C17H26N2.ClH/c1-13-8-14(2)17-5-7-19(12-16(17)9-13)11-15-4-3-6-18-10-15;/h8-9,15,18H,3-7,10-12H2,1-2H3;1H. The molecule has 2 nitrogen and oxygen atoms in total. The van der Waals surface area contributed by atoms with E-state index >= 15 is 0 Å². The quantitative estimate of drug-likeness (QED) is 0.902. The Morgan fingerprint density at radius 3 is 2.90 bits per heavy atom. The minimum absolute atomic E-state index is 0. The third-order valence-corrected chi connectivity index (χ3v) is 4.70. The number of benzene rings is 1. The molecule has 3 rings (SSSR count). The molecule has 0 amide bonds. The summed E-state index contributed by atoms with van der Waals surface area (Å²) in [6, 6.07) is 4.73. The lowest BCUT2D eigenvalue weighted by Gasteiger charge is -2.34. The van der Waals surface area contributed by atoms with Gasteiger partial charge >= 0.3 is 0 Å². The molecule has 2 aliphatic heterocycles. The Balaban J connectivity index is 0.00000147. The zero-order valence-corrected chi connectivity index (χ0v) is 13.6. The van der Waals surface area contributed by atoms with Crippen LogP contribution in [0, 0.1) is 19.8 Å². The van der Waals surface area contributed by atoms with Crippen LogP contribution in [0.25, 0.3) is 0 Å². The SMILES string of the molecule is Cc1cc(C)c2c(c1)CN(CC1CCCNC1)CC2.Cl. The fraction of sp³-hybridized carbons (Fsp3) is 0.647. The highest BCUT2D eigenvalue weighted by molar-refractivity contribution is 5.85. The van der Waals surface area contributed by atoms with Gasteiger partial charge in [-0.25, -0.2) is 0 Å². The molecule has 0 spiro atoms. The van der Waals surface area contributed by atoms with Crippen LogP contribution in [-0.2, 0) is 13.0 Å². The van der Waals surface area contributed by atoms with Gasteiger partial charge in [0.05, 0.1) is 0 Å². The number of nitrogens with zero attached hydrogens (tertiary/aromatic N) is 1. The minimum Gasteiger partial charge on any atom is -0.316 e. The molecule has 112 valence electrons. The molecule has 1 fully saturated rings. The molecule has 1 saturated heterocycles. The van der Waals surface area contributed by atoms with Gasteiger partial charge in [-0.3, -0.25) is 4.90 Å². The maximum absolute atomic E-state index is 3.54. The number of hydrogen-bond acceptors (Lipinski definition) is 2. The van der Waals surface area contributed by atoms with Gasteiger partial charge in [0.2, 0.25) is 0 Å². The molecule has 1 N–H and O–H groups in total. The summed E-state index contributed by atoms with van der Waals surface area (Å²) in [7, 11) is 0. The fourth-order valence-electron chi connectivity index (χ4n) is 3.77. The number of rotatable bonds is 2. The highest BCUT2D eigenvalue weighted by atomic mass is 35.5. The fourth-order valence-corrected chi connectivity index (χ4v) is 3.77. The van der Waals surface area contributed by atoms with Crippen LogP contribution in [0.1, 0.15) is 35.1 Å². The number of aryl methyl sites for hydroxylation is 2. The molecule has 1 aromatic carbocycles. The van der Waals surface area contributed by atoms with E-state index in [4.69, 9.17) is 0 Å². The Morgan fingerprint density at radius 2 is 2.15 bits per heavy atom. The monoisotopic (exact) mass is 294 g/mol. The minimum atomic E-state index is 0. The Bertz CT molecular complexity index is 453. The predicted molar refractivity (Wildman–Crippen MR) is 87.7 cm³/mol. The van der Waals surface area contributed by atoms with E-state index in [0.29, 0.717) is 0 Å². The molecule has 0 saturated carbocycles. The number of halogens is 1. The van der Waals surface area contributed by atoms with Gasteiger partial charge in [0.1, 0.15) is 0 Å². The third-order valence-electron chi connectivity index (χ3n) is 4.70. The summed E-state index contributed by atoms with van der Waals surface area (Å²) < 4.78 is 0. The highest BCUT2D eigenvalue weighted by Gasteiger charge is 2.21. The van der Waals surface area contributed by atoms with E-state index < -0.39 is 0 Å². The normalized spacial score (nSPS) is 23.0. The lowest BCUT2D eigenvalue weighted by molar-refractivity contribution is 0.193. The van der Waals surface area contributed by atoms with Crippen molar-refractivity contribution >= 4 is 12.4 Å². The van der Waals surface area contributed by atoms with Gasteiger partial charge in [-0.1, -0.05) is 17.7 Å². The first-order chi connectivity index (χ1) is 9.22. The second-order valence-electron chi connectivity index (χ2n) is 6.42. The summed E-state index contributed by atoms with van der Waals surface area (Å²) in [4.78, 5) is 2.67. The third kappa shape index (κ3) is 3.55. The average Bonchev–Trinajstić information content (AvgIpc) is 2.39. The van der Waals surface area contributed by atoms with Crippen molar-refractivity contribution in [2.24, 2.45) is 5.92 Å². The van der Waals surface area contributed by atoms with Crippen LogP contribution in [-0.4, -0.2) is 31.1 Å².